The highest BCUT2D eigenvalue weighted by molar-refractivity contribution is 5.82. The quantitative estimate of drug-likeness (QED) is 0.755. The fourth-order valence-corrected chi connectivity index (χ4v) is 3.84. The van der Waals surface area contributed by atoms with Gasteiger partial charge in [-0.2, -0.15) is 0 Å². The Kier molecular flexibility index (Phi) is 5.14. The minimum absolute atomic E-state index is 0.114. The minimum atomic E-state index is -0.114. The van der Waals surface area contributed by atoms with Crippen molar-refractivity contribution >= 4 is 5.91 Å². The lowest BCUT2D eigenvalue weighted by molar-refractivity contribution is -0.136. The van der Waals surface area contributed by atoms with Crippen LogP contribution in [0.2, 0.25) is 0 Å². The molecule has 2 saturated carbocycles. The molecule has 3 atom stereocenters. The van der Waals surface area contributed by atoms with Crippen LogP contribution >= 0.6 is 0 Å². The first-order valence-corrected chi connectivity index (χ1v) is 8.63. The summed E-state index contributed by atoms with van der Waals surface area (Å²) < 4.78 is 5.59. The molecule has 3 fully saturated rings. The molecule has 3 rings (SSSR count). The molecule has 2 aliphatic carbocycles. The maximum atomic E-state index is 12.5. The smallest absolute Gasteiger partial charge is 0.239 e. The van der Waals surface area contributed by atoms with Crippen LogP contribution in [0.4, 0.5) is 0 Å². The lowest BCUT2D eigenvalue weighted by Crippen LogP contribution is -2.59. The highest BCUT2D eigenvalue weighted by atomic mass is 16.5. The fraction of sp³-hybridized carbons (Fsp3) is 0.938. The largest absolute Gasteiger partial charge is 0.378 e. The fourth-order valence-electron chi connectivity index (χ4n) is 3.84. The number of amides is 1. The van der Waals surface area contributed by atoms with Crippen molar-refractivity contribution in [3.63, 3.8) is 0 Å². The van der Waals surface area contributed by atoms with Gasteiger partial charge in [-0.1, -0.05) is 19.3 Å². The Morgan fingerprint density at radius 2 is 2.00 bits per heavy atom. The van der Waals surface area contributed by atoms with E-state index in [2.05, 4.69) is 10.2 Å². The van der Waals surface area contributed by atoms with E-state index in [0.717, 1.165) is 32.5 Å². The van der Waals surface area contributed by atoms with Crippen molar-refractivity contribution in [2.24, 2.45) is 11.7 Å². The molecule has 1 saturated heterocycles. The van der Waals surface area contributed by atoms with Gasteiger partial charge in [0.05, 0.1) is 13.2 Å². The monoisotopic (exact) mass is 295 g/mol. The average molecular weight is 295 g/mol. The summed E-state index contributed by atoms with van der Waals surface area (Å²) in [6.45, 7) is 2.87. The highest BCUT2D eigenvalue weighted by Crippen LogP contribution is 2.29. The van der Waals surface area contributed by atoms with Gasteiger partial charge in [-0.05, 0) is 38.1 Å². The molecule has 1 aliphatic heterocycles. The predicted molar refractivity (Wildman–Crippen MR) is 81.9 cm³/mol. The molecule has 0 spiro atoms. The third-order valence-corrected chi connectivity index (χ3v) is 5.24. The molecule has 5 nitrogen and oxygen atoms in total. The minimum Gasteiger partial charge on any atom is -0.378 e. The molecule has 3 unspecified atom stereocenters. The molecule has 0 bridgehead atoms. The maximum Gasteiger partial charge on any atom is 0.239 e. The molecular formula is C16H29N3O2. The number of morpholine rings is 1. The zero-order valence-electron chi connectivity index (χ0n) is 12.9. The van der Waals surface area contributed by atoms with Gasteiger partial charge in [-0.25, -0.2) is 0 Å². The molecule has 5 heteroatoms. The Morgan fingerprint density at radius 1 is 1.19 bits per heavy atom. The summed E-state index contributed by atoms with van der Waals surface area (Å²) in [6, 6.07) is 0.758. The second kappa shape index (κ2) is 7.07. The zero-order chi connectivity index (χ0) is 14.7. The third kappa shape index (κ3) is 3.76. The summed E-state index contributed by atoms with van der Waals surface area (Å²) in [5.74, 6) is 0.694. The Balaban J connectivity index is 1.70. The first kappa shape index (κ1) is 15.3. The number of hydrogen-bond donors (Lipinski definition) is 2. The van der Waals surface area contributed by atoms with Gasteiger partial charge in [-0.15, -0.1) is 0 Å². The molecule has 21 heavy (non-hydrogen) atoms. The summed E-state index contributed by atoms with van der Waals surface area (Å²) in [6.07, 6.45) is 8.49. The van der Waals surface area contributed by atoms with Gasteiger partial charge < -0.3 is 15.8 Å². The number of carbonyl (C=O) groups is 1. The van der Waals surface area contributed by atoms with E-state index in [4.69, 9.17) is 10.5 Å². The predicted octanol–water partition coefficient (Wildman–Crippen LogP) is 0.873. The number of nitrogens with one attached hydrogen (secondary N) is 1. The van der Waals surface area contributed by atoms with Crippen molar-refractivity contribution in [1.82, 2.24) is 10.2 Å². The van der Waals surface area contributed by atoms with E-state index in [1.165, 1.54) is 32.1 Å². The summed E-state index contributed by atoms with van der Waals surface area (Å²) in [5.41, 5.74) is 6.02. The van der Waals surface area contributed by atoms with Gasteiger partial charge in [0, 0.05) is 18.6 Å². The van der Waals surface area contributed by atoms with Crippen LogP contribution in [0, 0.1) is 5.92 Å². The molecule has 3 aliphatic rings. The zero-order valence-corrected chi connectivity index (χ0v) is 12.9. The van der Waals surface area contributed by atoms with Gasteiger partial charge in [0.15, 0.2) is 0 Å². The van der Waals surface area contributed by atoms with Crippen LogP contribution in [0.3, 0.4) is 0 Å². The average Bonchev–Trinajstić information content (AvgIpc) is 3.33. The number of hydrogen-bond acceptors (Lipinski definition) is 4. The van der Waals surface area contributed by atoms with Gasteiger partial charge in [-0.3, -0.25) is 9.69 Å². The Labute approximate surface area is 127 Å². The standard InChI is InChI=1S/C16H29N3O2/c17-10-12-4-2-1-3-5-14(12)19-8-9-21-11-15(19)16(20)18-13-6-7-13/h12-15H,1-11,17H2,(H,18,20). The number of carbonyl (C=O) groups excluding carboxylic acids is 1. The number of nitrogens with two attached hydrogens (primary N) is 1. The molecule has 0 aromatic rings. The molecule has 1 amide bonds. The Hall–Kier alpha value is -0.650. The van der Waals surface area contributed by atoms with E-state index in [-0.39, 0.29) is 11.9 Å². The van der Waals surface area contributed by atoms with Crippen LogP contribution < -0.4 is 11.1 Å². The maximum absolute atomic E-state index is 12.5. The van der Waals surface area contributed by atoms with Gasteiger partial charge in [0.25, 0.3) is 0 Å². The normalized spacial score (nSPS) is 35.2. The number of nitrogens with zero attached hydrogens (tertiary/aromatic N) is 1. The number of ether oxygens (including phenoxy) is 1. The topological polar surface area (TPSA) is 67.6 Å². The van der Waals surface area contributed by atoms with Crippen LogP contribution in [0.15, 0.2) is 0 Å². The van der Waals surface area contributed by atoms with Crippen LogP contribution in [0.1, 0.15) is 44.9 Å². The second-order valence-electron chi connectivity index (χ2n) is 6.81. The first-order chi connectivity index (χ1) is 10.3. The van der Waals surface area contributed by atoms with E-state index >= 15 is 0 Å². The van der Waals surface area contributed by atoms with Crippen LogP contribution in [-0.4, -0.2) is 55.2 Å². The van der Waals surface area contributed by atoms with Crippen molar-refractivity contribution in [1.29, 1.82) is 0 Å². The van der Waals surface area contributed by atoms with Crippen LogP contribution in [0.25, 0.3) is 0 Å². The van der Waals surface area contributed by atoms with Crippen molar-refractivity contribution in [2.45, 2.75) is 63.1 Å². The van der Waals surface area contributed by atoms with E-state index in [1.807, 2.05) is 0 Å². The van der Waals surface area contributed by atoms with Crippen molar-refractivity contribution in [3.05, 3.63) is 0 Å². The van der Waals surface area contributed by atoms with E-state index in [1.54, 1.807) is 0 Å². The molecular weight excluding hydrogens is 266 g/mol. The Bertz CT molecular complexity index is 359. The Morgan fingerprint density at radius 3 is 2.76 bits per heavy atom. The van der Waals surface area contributed by atoms with Crippen LogP contribution in [-0.2, 0) is 9.53 Å². The lowest BCUT2D eigenvalue weighted by Gasteiger charge is -2.42. The SMILES string of the molecule is NCC1CCCCCC1N1CCOCC1C(=O)NC1CC1. The molecule has 120 valence electrons. The first-order valence-electron chi connectivity index (χ1n) is 8.63. The molecule has 0 aromatic heterocycles. The van der Waals surface area contributed by atoms with Crippen molar-refractivity contribution in [2.75, 3.05) is 26.3 Å². The van der Waals surface area contributed by atoms with Gasteiger partial charge in [0.2, 0.25) is 5.91 Å². The van der Waals surface area contributed by atoms with Crippen LogP contribution in [0.5, 0.6) is 0 Å². The van der Waals surface area contributed by atoms with Gasteiger partial charge >= 0.3 is 0 Å². The summed E-state index contributed by atoms with van der Waals surface area (Å²) >= 11 is 0. The van der Waals surface area contributed by atoms with Gasteiger partial charge in [0.1, 0.15) is 6.04 Å². The van der Waals surface area contributed by atoms with Crippen molar-refractivity contribution in [3.8, 4) is 0 Å². The summed E-state index contributed by atoms with van der Waals surface area (Å²) in [7, 11) is 0. The van der Waals surface area contributed by atoms with E-state index in [9.17, 15) is 4.79 Å². The van der Waals surface area contributed by atoms with E-state index < -0.39 is 0 Å². The number of rotatable bonds is 4. The highest BCUT2D eigenvalue weighted by Gasteiger charge is 2.39. The second-order valence-corrected chi connectivity index (χ2v) is 6.81. The van der Waals surface area contributed by atoms with E-state index in [0.29, 0.717) is 24.6 Å². The molecule has 3 N–H and O–H groups in total. The molecule has 0 aromatic carbocycles. The third-order valence-electron chi connectivity index (χ3n) is 5.24. The molecule has 0 radical (unpaired) electrons. The lowest BCUT2D eigenvalue weighted by atomic mass is 9.91. The molecule has 1 heterocycles. The summed E-state index contributed by atoms with van der Waals surface area (Å²) in [4.78, 5) is 14.9. The van der Waals surface area contributed by atoms with Crippen molar-refractivity contribution < 1.29 is 9.53 Å². The summed E-state index contributed by atoms with van der Waals surface area (Å²) in [5, 5.41) is 3.15.